The van der Waals surface area contributed by atoms with Gasteiger partial charge in [-0.1, -0.05) is 11.6 Å². The van der Waals surface area contributed by atoms with Gasteiger partial charge in [0.1, 0.15) is 0 Å². The normalized spacial score (nSPS) is 23.6. The van der Waals surface area contributed by atoms with Gasteiger partial charge in [0, 0.05) is 10.5 Å². The third-order valence-corrected chi connectivity index (χ3v) is 5.78. The fourth-order valence-corrected chi connectivity index (χ4v) is 3.81. The van der Waals surface area contributed by atoms with Crippen LogP contribution >= 0.6 is 27.5 Å². The zero-order valence-corrected chi connectivity index (χ0v) is 16.2. The number of benzene rings is 1. The van der Waals surface area contributed by atoms with E-state index in [4.69, 9.17) is 11.6 Å². The molecule has 0 amide bonds. The van der Waals surface area contributed by atoms with Crippen LogP contribution in [-0.4, -0.2) is 44.1 Å². The molecule has 0 aliphatic carbocycles. The lowest BCUT2D eigenvalue weighted by Crippen LogP contribution is -2.50. The van der Waals surface area contributed by atoms with Crippen LogP contribution in [0, 0.1) is 0 Å². The molecule has 3 rings (SSSR count). The van der Waals surface area contributed by atoms with Crippen molar-refractivity contribution in [3.05, 3.63) is 38.3 Å². The Hall–Kier alpha value is -0.990. The van der Waals surface area contributed by atoms with E-state index >= 15 is 0 Å². The minimum atomic E-state index is -1.16. The predicted octanol–water partition coefficient (Wildman–Crippen LogP) is 2.07. The van der Waals surface area contributed by atoms with Crippen molar-refractivity contribution in [2.75, 3.05) is 6.54 Å². The van der Waals surface area contributed by atoms with Crippen LogP contribution in [0.15, 0.2) is 27.7 Å². The van der Waals surface area contributed by atoms with Crippen molar-refractivity contribution in [3.8, 4) is 0 Å². The lowest BCUT2D eigenvalue weighted by atomic mass is 9.89. The molecule has 25 heavy (non-hydrogen) atoms. The van der Waals surface area contributed by atoms with Gasteiger partial charge in [0.15, 0.2) is 0 Å². The summed E-state index contributed by atoms with van der Waals surface area (Å²) >= 11 is 9.40. The topological polar surface area (TPSA) is 87.4 Å². The van der Waals surface area contributed by atoms with Crippen molar-refractivity contribution in [2.45, 2.75) is 50.5 Å². The zero-order chi connectivity index (χ0) is 18.2. The molecular formula is C17H21BrClN3O3. The molecule has 6 nitrogen and oxygen atoms in total. The molecule has 2 heterocycles. The molecule has 1 aromatic heterocycles. The first-order valence-corrected chi connectivity index (χ1v) is 9.42. The van der Waals surface area contributed by atoms with Crippen LogP contribution in [0.4, 0.5) is 0 Å². The lowest BCUT2D eigenvalue weighted by Gasteiger charge is -2.35. The van der Waals surface area contributed by atoms with Gasteiger partial charge in [-0.05, 0) is 60.8 Å². The second-order valence-electron chi connectivity index (χ2n) is 6.93. The Morgan fingerprint density at radius 2 is 2.28 bits per heavy atom. The first-order valence-electron chi connectivity index (χ1n) is 8.25. The molecule has 0 saturated carbocycles. The molecule has 1 aliphatic rings. The number of hydrogen-bond acceptors (Lipinski definition) is 5. The number of aromatic nitrogens is 2. The highest BCUT2D eigenvalue weighted by Gasteiger charge is 2.31. The quantitative estimate of drug-likeness (QED) is 0.691. The Morgan fingerprint density at radius 3 is 3.00 bits per heavy atom. The molecule has 0 radical (unpaired) electrons. The van der Waals surface area contributed by atoms with Gasteiger partial charge in [0.05, 0.1) is 40.5 Å². The molecule has 1 fully saturated rings. The third kappa shape index (κ3) is 4.23. The summed E-state index contributed by atoms with van der Waals surface area (Å²) in [7, 11) is 0. The number of hydrogen-bond donors (Lipinski definition) is 3. The Morgan fingerprint density at radius 1 is 1.52 bits per heavy atom. The average molecular weight is 431 g/mol. The van der Waals surface area contributed by atoms with Gasteiger partial charge < -0.3 is 15.5 Å². The van der Waals surface area contributed by atoms with Gasteiger partial charge in [-0.15, -0.1) is 0 Å². The first-order chi connectivity index (χ1) is 11.8. The molecule has 8 heteroatoms. The number of halogens is 2. The monoisotopic (exact) mass is 429 g/mol. The summed E-state index contributed by atoms with van der Waals surface area (Å²) in [6.07, 6.45) is 2.94. The lowest BCUT2D eigenvalue weighted by molar-refractivity contribution is -0.00700. The van der Waals surface area contributed by atoms with Crippen molar-refractivity contribution in [1.82, 2.24) is 14.9 Å². The minimum absolute atomic E-state index is 0.0906. The van der Waals surface area contributed by atoms with Crippen molar-refractivity contribution in [2.24, 2.45) is 0 Å². The Labute approximate surface area is 159 Å². The van der Waals surface area contributed by atoms with Crippen molar-refractivity contribution in [3.63, 3.8) is 0 Å². The number of aliphatic hydroxyl groups excluding tert-OH is 1. The molecule has 1 saturated heterocycles. The molecule has 1 aliphatic heterocycles. The fourth-order valence-electron chi connectivity index (χ4n) is 3.32. The Balaban J connectivity index is 1.85. The molecular weight excluding hydrogens is 410 g/mol. The van der Waals surface area contributed by atoms with Crippen LogP contribution in [-0.2, 0) is 6.54 Å². The number of nitrogens with zero attached hydrogens (tertiary/aromatic N) is 2. The summed E-state index contributed by atoms with van der Waals surface area (Å²) in [4.78, 5) is 17.0. The maximum atomic E-state index is 12.7. The Kier molecular flexibility index (Phi) is 5.51. The van der Waals surface area contributed by atoms with Gasteiger partial charge in [-0.25, -0.2) is 4.98 Å². The summed E-state index contributed by atoms with van der Waals surface area (Å²) in [5.74, 6) is 0. The van der Waals surface area contributed by atoms with Gasteiger partial charge in [-0.2, -0.15) is 0 Å². The van der Waals surface area contributed by atoms with E-state index in [9.17, 15) is 15.0 Å². The van der Waals surface area contributed by atoms with E-state index in [2.05, 4.69) is 26.2 Å². The molecule has 3 atom stereocenters. The van der Waals surface area contributed by atoms with E-state index in [1.54, 1.807) is 19.1 Å². The number of fused-ring (bicyclic) bond motifs is 1. The second kappa shape index (κ2) is 7.32. The van der Waals surface area contributed by atoms with Crippen LogP contribution in [0.25, 0.3) is 10.9 Å². The van der Waals surface area contributed by atoms with E-state index in [0.29, 0.717) is 26.8 Å². The van der Waals surface area contributed by atoms with Gasteiger partial charge >= 0.3 is 0 Å². The van der Waals surface area contributed by atoms with E-state index in [0.717, 1.165) is 19.4 Å². The van der Waals surface area contributed by atoms with E-state index < -0.39 is 11.7 Å². The van der Waals surface area contributed by atoms with Gasteiger partial charge in [0.25, 0.3) is 5.56 Å². The van der Waals surface area contributed by atoms with Gasteiger partial charge in [-0.3, -0.25) is 9.36 Å². The van der Waals surface area contributed by atoms with Crippen molar-refractivity contribution < 1.29 is 10.2 Å². The Bertz CT molecular complexity index is 840. The van der Waals surface area contributed by atoms with Crippen LogP contribution < -0.4 is 10.9 Å². The SMILES string of the molecule is C[C@@](O)(C[C@H]1NCCC[C@@H]1O)Cn1cnc2cc(Br)c(Cl)cc2c1=O. The largest absolute Gasteiger partial charge is 0.392 e. The summed E-state index contributed by atoms with van der Waals surface area (Å²) in [5, 5.41) is 24.9. The molecule has 136 valence electrons. The number of rotatable bonds is 4. The third-order valence-electron chi connectivity index (χ3n) is 4.58. The molecule has 0 unspecified atom stereocenters. The van der Waals surface area contributed by atoms with Crippen LogP contribution in [0.5, 0.6) is 0 Å². The number of nitrogens with one attached hydrogen (secondary N) is 1. The number of aliphatic hydroxyl groups is 2. The highest BCUT2D eigenvalue weighted by atomic mass is 79.9. The summed E-state index contributed by atoms with van der Waals surface area (Å²) in [6, 6.07) is 3.09. The second-order valence-corrected chi connectivity index (χ2v) is 8.19. The van der Waals surface area contributed by atoms with Crippen molar-refractivity contribution in [1.29, 1.82) is 0 Å². The maximum Gasteiger partial charge on any atom is 0.261 e. The first kappa shape index (κ1) is 18.8. The average Bonchev–Trinajstić information content (AvgIpc) is 2.54. The van der Waals surface area contributed by atoms with E-state index in [1.165, 1.54) is 10.9 Å². The molecule has 0 spiro atoms. The van der Waals surface area contributed by atoms with E-state index in [-0.39, 0.29) is 18.1 Å². The van der Waals surface area contributed by atoms with Crippen LogP contribution in [0.1, 0.15) is 26.2 Å². The summed E-state index contributed by atoms with van der Waals surface area (Å²) in [5.41, 5.74) is -0.868. The van der Waals surface area contributed by atoms with E-state index in [1.807, 2.05) is 0 Å². The maximum absolute atomic E-state index is 12.7. The standard InChI is InChI=1S/C17H21BrClN3O3/c1-17(25,7-14-15(23)3-2-4-20-14)8-22-9-21-13-6-11(18)12(19)5-10(13)16(22)24/h5-6,9,14-15,20,23,25H,2-4,7-8H2,1H3/t14-,15+,17-/m1/s1. The van der Waals surface area contributed by atoms with Crippen molar-refractivity contribution >= 4 is 38.4 Å². The predicted molar refractivity (Wildman–Crippen MR) is 101 cm³/mol. The molecule has 1 aromatic carbocycles. The summed E-state index contributed by atoms with van der Waals surface area (Å²) < 4.78 is 2.07. The zero-order valence-electron chi connectivity index (χ0n) is 13.9. The fraction of sp³-hybridized carbons (Fsp3) is 0.529. The molecule has 3 N–H and O–H groups in total. The highest BCUT2D eigenvalue weighted by molar-refractivity contribution is 9.10. The smallest absolute Gasteiger partial charge is 0.261 e. The highest BCUT2D eigenvalue weighted by Crippen LogP contribution is 2.26. The summed E-state index contributed by atoms with van der Waals surface area (Å²) in [6.45, 7) is 2.58. The van der Waals surface area contributed by atoms with Gasteiger partial charge in [0.2, 0.25) is 0 Å². The van der Waals surface area contributed by atoms with Crippen LogP contribution in [0.2, 0.25) is 5.02 Å². The molecule has 0 bridgehead atoms. The van der Waals surface area contributed by atoms with Crippen LogP contribution in [0.3, 0.4) is 0 Å². The molecule has 2 aromatic rings. The minimum Gasteiger partial charge on any atom is -0.392 e. The number of piperidine rings is 1.